The number of hydrogen-bond acceptors (Lipinski definition) is 4. The zero-order valence-corrected chi connectivity index (χ0v) is 10.8. The molecule has 0 aromatic rings. The number of carboxylic acid groups (broad SMARTS) is 1. The predicted molar refractivity (Wildman–Crippen MR) is 66.0 cm³/mol. The van der Waals surface area contributed by atoms with Gasteiger partial charge >= 0.3 is 5.97 Å². The number of carbonyl (C=O) groups excluding carboxylic acids is 2. The van der Waals surface area contributed by atoms with Crippen molar-refractivity contribution in [2.45, 2.75) is 25.3 Å². The molecule has 2 aliphatic rings. The molecule has 0 aromatic heterocycles. The Morgan fingerprint density at radius 2 is 2.17 bits per heavy atom. The van der Waals surface area contributed by atoms with Gasteiger partial charge in [-0.15, -0.1) is 11.8 Å². The third kappa shape index (κ3) is 2.77. The number of hydrogen-bond donors (Lipinski definition) is 1. The first-order valence-corrected chi connectivity index (χ1v) is 7.13. The molecule has 2 fully saturated rings. The molecule has 0 radical (unpaired) electrons. The Kier molecular flexibility index (Phi) is 4.11. The Balaban J connectivity index is 1.97. The molecule has 2 amide bonds. The first-order chi connectivity index (χ1) is 8.59. The molecule has 100 valence electrons. The van der Waals surface area contributed by atoms with Crippen molar-refractivity contribution < 1.29 is 19.5 Å². The summed E-state index contributed by atoms with van der Waals surface area (Å²) in [5, 5.41) is 9.09. The highest BCUT2D eigenvalue weighted by Gasteiger charge is 2.33. The van der Waals surface area contributed by atoms with Crippen molar-refractivity contribution in [3.8, 4) is 0 Å². The Bertz CT molecular complexity index is 374. The molecule has 2 rings (SSSR count). The summed E-state index contributed by atoms with van der Waals surface area (Å²) >= 11 is 1.48. The molecule has 0 spiro atoms. The summed E-state index contributed by atoms with van der Waals surface area (Å²) in [5.41, 5.74) is 0. The Morgan fingerprint density at radius 1 is 1.39 bits per heavy atom. The summed E-state index contributed by atoms with van der Waals surface area (Å²) in [6, 6.07) is -0.725. The van der Waals surface area contributed by atoms with Gasteiger partial charge in [0.1, 0.15) is 12.6 Å². The Labute approximate surface area is 109 Å². The fourth-order valence-corrected chi connectivity index (χ4v) is 3.19. The summed E-state index contributed by atoms with van der Waals surface area (Å²) in [6.45, 7) is 0.487. The number of carboxylic acids is 1. The van der Waals surface area contributed by atoms with E-state index in [1.165, 1.54) is 21.6 Å². The highest BCUT2D eigenvalue weighted by atomic mass is 32.2. The first kappa shape index (κ1) is 13.2. The van der Waals surface area contributed by atoms with E-state index in [0.717, 1.165) is 12.8 Å². The van der Waals surface area contributed by atoms with Crippen LogP contribution in [0.4, 0.5) is 0 Å². The molecule has 2 aliphatic heterocycles. The molecule has 0 aliphatic carbocycles. The molecule has 7 heteroatoms. The SMILES string of the molecule is O=C(O)C1CCCCN1C(=O)CN1CSCC1=O. The van der Waals surface area contributed by atoms with E-state index < -0.39 is 12.0 Å². The number of amides is 2. The van der Waals surface area contributed by atoms with Gasteiger partial charge in [0.25, 0.3) is 0 Å². The normalized spacial score (nSPS) is 24.4. The van der Waals surface area contributed by atoms with Gasteiger partial charge in [-0.05, 0) is 19.3 Å². The molecule has 0 bridgehead atoms. The quantitative estimate of drug-likeness (QED) is 0.781. The molecule has 1 atom stereocenters. The number of piperidine rings is 1. The smallest absolute Gasteiger partial charge is 0.326 e. The van der Waals surface area contributed by atoms with Crippen LogP contribution in [0, 0.1) is 0 Å². The Hall–Kier alpha value is -1.24. The molecule has 6 nitrogen and oxygen atoms in total. The minimum absolute atomic E-state index is 0.00954. The standard InChI is InChI=1S/C11H16N2O4S/c14-9(5-12-7-18-6-10(12)15)13-4-2-1-3-8(13)11(16)17/h8H,1-7H2,(H,16,17). The van der Waals surface area contributed by atoms with E-state index in [0.29, 0.717) is 24.6 Å². The molecule has 0 aromatic carbocycles. The van der Waals surface area contributed by atoms with Crippen molar-refractivity contribution in [3.05, 3.63) is 0 Å². The molecule has 0 saturated carbocycles. The molecule has 1 unspecified atom stereocenters. The Morgan fingerprint density at radius 3 is 2.78 bits per heavy atom. The highest BCUT2D eigenvalue weighted by Crippen LogP contribution is 2.19. The lowest BCUT2D eigenvalue weighted by molar-refractivity contribution is -0.153. The lowest BCUT2D eigenvalue weighted by Gasteiger charge is -2.33. The van der Waals surface area contributed by atoms with Crippen molar-refractivity contribution in [2.75, 3.05) is 24.7 Å². The lowest BCUT2D eigenvalue weighted by Crippen LogP contribution is -2.51. The topological polar surface area (TPSA) is 77.9 Å². The highest BCUT2D eigenvalue weighted by molar-refractivity contribution is 8.00. The second-order valence-corrected chi connectivity index (χ2v) is 5.46. The van der Waals surface area contributed by atoms with E-state index in [2.05, 4.69) is 0 Å². The predicted octanol–water partition coefficient (Wildman–Crippen LogP) is -0.0150. The number of thioether (sulfide) groups is 1. The molecule has 2 heterocycles. The van der Waals surface area contributed by atoms with Gasteiger partial charge in [-0.2, -0.15) is 0 Å². The number of aliphatic carboxylic acids is 1. The summed E-state index contributed by atoms with van der Waals surface area (Å²) in [4.78, 5) is 37.5. The minimum Gasteiger partial charge on any atom is -0.480 e. The maximum absolute atomic E-state index is 12.1. The number of nitrogens with zero attached hydrogens (tertiary/aromatic N) is 2. The van der Waals surface area contributed by atoms with E-state index in [1.54, 1.807) is 0 Å². The van der Waals surface area contributed by atoms with Gasteiger partial charge in [-0.1, -0.05) is 0 Å². The van der Waals surface area contributed by atoms with E-state index in [9.17, 15) is 14.4 Å². The fourth-order valence-electron chi connectivity index (χ4n) is 2.28. The van der Waals surface area contributed by atoms with Crippen molar-refractivity contribution in [1.82, 2.24) is 9.80 Å². The summed E-state index contributed by atoms with van der Waals surface area (Å²) in [7, 11) is 0. The fraction of sp³-hybridized carbons (Fsp3) is 0.727. The maximum Gasteiger partial charge on any atom is 0.326 e. The molecule has 1 N–H and O–H groups in total. The monoisotopic (exact) mass is 272 g/mol. The first-order valence-electron chi connectivity index (χ1n) is 5.97. The van der Waals surface area contributed by atoms with Crippen LogP contribution in [-0.2, 0) is 14.4 Å². The maximum atomic E-state index is 12.1. The third-order valence-corrected chi connectivity index (χ3v) is 4.21. The molecule has 2 saturated heterocycles. The van der Waals surface area contributed by atoms with E-state index in [-0.39, 0.29) is 18.4 Å². The zero-order chi connectivity index (χ0) is 13.1. The zero-order valence-electron chi connectivity index (χ0n) is 10.0. The van der Waals surface area contributed by atoms with Crippen LogP contribution in [0.3, 0.4) is 0 Å². The molecule has 18 heavy (non-hydrogen) atoms. The van der Waals surface area contributed by atoms with Crippen LogP contribution >= 0.6 is 11.8 Å². The molecular weight excluding hydrogens is 256 g/mol. The third-order valence-electron chi connectivity index (χ3n) is 3.26. The van der Waals surface area contributed by atoms with Gasteiger partial charge in [0.05, 0.1) is 11.6 Å². The number of rotatable bonds is 3. The van der Waals surface area contributed by atoms with Crippen LogP contribution in [0.2, 0.25) is 0 Å². The second kappa shape index (κ2) is 5.60. The summed E-state index contributed by atoms with van der Waals surface area (Å²) in [6.07, 6.45) is 2.17. The average molecular weight is 272 g/mol. The van der Waals surface area contributed by atoms with Crippen LogP contribution in [-0.4, -0.2) is 63.5 Å². The van der Waals surface area contributed by atoms with Crippen molar-refractivity contribution in [2.24, 2.45) is 0 Å². The van der Waals surface area contributed by atoms with Gasteiger partial charge in [0.15, 0.2) is 0 Å². The van der Waals surface area contributed by atoms with Crippen LogP contribution in [0.15, 0.2) is 0 Å². The van der Waals surface area contributed by atoms with E-state index in [4.69, 9.17) is 5.11 Å². The molecular formula is C11H16N2O4S. The van der Waals surface area contributed by atoms with Crippen LogP contribution in [0.1, 0.15) is 19.3 Å². The van der Waals surface area contributed by atoms with Gasteiger partial charge in [-0.25, -0.2) is 4.79 Å². The minimum atomic E-state index is -0.954. The summed E-state index contributed by atoms with van der Waals surface area (Å²) < 4.78 is 0. The van der Waals surface area contributed by atoms with Crippen molar-refractivity contribution >= 4 is 29.5 Å². The van der Waals surface area contributed by atoms with Crippen LogP contribution in [0.25, 0.3) is 0 Å². The number of likely N-dealkylation sites (tertiary alicyclic amines) is 1. The van der Waals surface area contributed by atoms with Gasteiger partial charge in [-0.3, -0.25) is 9.59 Å². The average Bonchev–Trinajstić information content (AvgIpc) is 2.75. The van der Waals surface area contributed by atoms with Crippen molar-refractivity contribution in [3.63, 3.8) is 0 Å². The van der Waals surface area contributed by atoms with Crippen LogP contribution in [0.5, 0.6) is 0 Å². The van der Waals surface area contributed by atoms with Gasteiger partial charge in [0, 0.05) is 6.54 Å². The summed E-state index contributed by atoms with van der Waals surface area (Å²) in [5.74, 6) is -0.313. The van der Waals surface area contributed by atoms with Gasteiger partial charge in [0.2, 0.25) is 11.8 Å². The lowest BCUT2D eigenvalue weighted by atomic mass is 10.0. The van der Waals surface area contributed by atoms with Crippen molar-refractivity contribution in [1.29, 1.82) is 0 Å². The van der Waals surface area contributed by atoms with E-state index in [1.807, 2.05) is 0 Å². The van der Waals surface area contributed by atoms with Gasteiger partial charge < -0.3 is 14.9 Å². The van der Waals surface area contributed by atoms with Crippen LogP contribution < -0.4 is 0 Å². The van der Waals surface area contributed by atoms with E-state index >= 15 is 0 Å². The largest absolute Gasteiger partial charge is 0.480 e. The number of carbonyl (C=O) groups is 3. The second-order valence-electron chi connectivity index (χ2n) is 4.51.